The second-order valence-corrected chi connectivity index (χ2v) is 4.40. The zero-order chi connectivity index (χ0) is 12.0. The van der Waals surface area contributed by atoms with Gasteiger partial charge in [0, 0.05) is 26.2 Å². The van der Waals surface area contributed by atoms with Gasteiger partial charge in [-0.3, -0.25) is 0 Å². The number of aromatic nitrogens is 2. The van der Waals surface area contributed by atoms with E-state index in [-0.39, 0.29) is 0 Å². The lowest BCUT2D eigenvalue weighted by molar-refractivity contribution is 0.583. The molecule has 0 fully saturated rings. The molecule has 0 aromatic carbocycles. The Bertz CT molecular complexity index is 312. The minimum Gasteiger partial charge on any atom is -0.370 e. The molecule has 0 saturated carbocycles. The van der Waals surface area contributed by atoms with Crippen LogP contribution >= 0.6 is 0 Å². The monoisotopic (exact) mass is 222 g/mol. The van der Waals surface area contributed by atoms with Crippen LogP contribution in [0.25, 0.3) is 0 Å². The summed E-state index contributed by atoms with van der Waals surface area (Å²) in [6, 6.07) is 1.99. The third kappa shape index (κ3) is 4.04. The summed E-state index contributed by atoms with van der Waals surface area (Å²) in [5, 5.41) is 3.19. The van der Waals surface area contributed by atoms with Gasteiger partial charge in [-0.25, -0.2) is 9.97 Å². The van der Waals surface area contributed by atoms with Crippen LogP contribution < -0.4 is 10.2 Å². The Morgan fingerprint density at radius 2 is 2.12 bits per heavy atom. The van der Waals surface area contributed by atoms with E-state index in [1.54, 1.807) is 6.33 Å². The maximum absolute atomic E-state index is 4.27. The van der Waals surface area contributed by atoms with Crippen molar-refractivity contribution < 1.29 is 0 Å². The van der Waals surface area contributed by atoms with Crippen LogP contribution in [0, 0.1) is 5.92 Å². The second kappa shape index (κ2) is 6.30. The molecule has 4 heteroatoms. The summed E-state index contributed by atoms with van der Waals surface area (Å²) in [7, 11) is 2.07. The molecular weight excluding hydrogens is 200 g/mol. The number of rotatable bonds is 6. The SMILES string of the molecule is CCNc1cc(N(C)CCC(C)C)ncn1. The fraction of sp³-hybridized carbons (Fsp3) is 0.667. The number of nitrogens with one attached hydrogen (secondary N) is 1. The molecule has 0 radical (unpaired) electrons. The van der Waals surface area contributed by atoms with Gasteiger partial charge in [-0.05, 0) is 19.3 Å². The van der Waals surface area contributed by atoms with Gasteiger partial charge >= 0.3 is 0 Å². The standard InChI is InChI=1S/C12H22N4/c1-5-13-11-8-12(15-9-14-11)16(4)7-6-10(2)3/h8-10H,5-7H2,1-4H3,(H,13,14,15). The maximum atomic E-state index is 4.27. The number of hydrogen-bond donors (Lipinski definition) is 1. The van der Waals surface area contributed by atoms with Crippen LogP contribution in [-0.4, -0.2) is 30.1 Å². The van der Waals surface area contributed by atoms with Crippen LogP contribution in [0.5, 0.6) is 0 Å². The molecule has 1 N–H and O–H groups in total. The van der Waals surface area contributed by atoms with Crippen LogP contribution in [0.15, 0.2) is 12.4 Å². The number of hydrogen-bond acceptors (Lipinski definition) is 4. The summed E-state index contributed by atoms with van der Waals surface area (Å²) in [6.45, 7) is 8.44. The molecule has 90 valence electrons. The molecule has 0 aliphatic heterocycles. The van der Waals surface area contributed by atoms with E-state index in [0.29, 0.717) is 0 Å². The van der Waals surface area contributed by atoms with Gasteiger partial charge in [0.2, 0.25) is 0 Å². The zero-order valence-corrected chi connectivity index (χ0v) is 10.7. The molecule has 0 bridgehead atoms. The molecule has 0 amide bonds. The van der Waals surface area contributed by atoms with Gasteiger partial charge in [-0.1, -0.05) is 13.8 Å². The molecule has 0 atom stereocenters. The van der Waals surface area contributed by atoms with Crippen molar-refractivity contribution in [2.24, 2.45) is 5.92 Å². The van der Waals surface area contributed by atoms with E-state index in [1.165, 1.54) is 6.42 Å². The summed E-state index contributed by atoms with van der Waals surface area (Å²) in [4.78, 5) is 10.6. The normalized spacial score (nSPS) is 10.6. The Hall–Kier alpha value is -1.32. The smallest absolute Gasteiger partial charge is 0.133 e. The minimum atomic E-state index is 0.720. The van der Waals surface area contributed by atoms with Gasteiger partial charge in [0.05, 0.1) is 0 Å². The van der Waals surface area contributed by atoms with Crippen molar-refractivity contribution >= 4 is 11.6 Å². The molecule has 0 spiro atoms. The molecule has 0 aliphatic rings. The number of anilines is 2. The highest BCUT2D eigenvalue weighted by atomic mass is 15.2. The topological polar surface area (TPSA) is 41.0 Å². The molecule has 0 saturated heterocycles. The lowest BCUT2D eigenvalue weighted by atomic mass is 10.1. The lowest BCUT2D eigenvalue weighted by Crippen LogP contribution is -2.21. The molecular formula is C12H22N4. The molecule has 4 nitrogen and oxygen atoms in total. The van der Waals surface area contributed by atoms with E-state index in [9.17, 15) is 0 Å². The van der Waals surface area contributed by atoms with Gasteiger partial charge in [-0.15, -0.1) is 0 Å². The summed E-state index contributed by atoms with van der Waals surface area (Å²) < 4.78 is 0. The first kappa shape index (κ1) is 12.7. The Morgan fingerprint density at radius 3 is 2.75 bits per heavy atom. The Kier molecular flexibility index (Phi) is 5.02. The van der Waals surface area contributed by atoms with Crippen LogP contribution in [0.2, 0.25) is 0 Å². The molecule has 0 aliphatic carbocycles. The second-order valence-electron chi connectivity index (χ2n) is 4.40. The quantitative estimate of drug-likeness (QED) is 0.802. The first-order valence-electron chi connectivity index (χ1n) is 5.90. The Balaban J connectivity index is 2.60. The Labute approximate surface area is 98.1 Å². The third-order valence-corrected chi connectivity index (χ3v) is 2.44. The molecule has 1 heterocycles. The summed E-state index contributed by atoms with van der Waals surface area (Å²) in [5.74, 6) is 2.59. The van der Waals surface area contributed by atoms with Crippen molar-refractivity contribution in [3.63, 3.8) is 0 Å². The minimum absolute atomic E-state index is 0.720. The van der Waals surface area contributed by atoms with Crippen molar-refractivity contribution in [2.75, 3.05) is 30.4 Å². The van der Waals surface area contributed by atoms with E-state index in [1.807, 2.05) is 6.07 Å². The van der Waals surface area contributed by atoms with Gasteiger partial charge in [0.1, 0.15) is 18.0 Å². The average molecular weight is 222 g/mol. The van der Waals surface area contributed by atoms with E-state index >= 15 is 0 Å². The van der Waals surface area contributed by atoms with Crippen LogP contribution in [0.3, 0.4) is 0 Å². The van der Waals surface area contributed by atoms with Crippen molar-refractivity contribution in [1.29, 1.82) is 0 Å². The van der Waals surface area contributed by atoms with Crippen LogP contribution in [-0.2, 0) is 0 Å². The van der Waals surface area contributed by atoms with Crippen molar-refractivity contribution in [2.45, 2.75) is 27.2 Å². The fourth-order valence-electron chi connectivity index (χ4n) is 1.40. The van der Waals surface area contributed by atoms with Gasteiger partial charge in [-0.2, -0.15) is 0 Å². The van der Waals surface area contributed by atoms with Crippen molar-refractivity contribution in [1.82, 2.24) is 9.97 Å². The highest BCUT2D eigenvalue weighted by Crippen LogP contribution is 2.13. The lowest BCUT2D eigenvalue weighted by Gasteiger charge is -2.19. The molecule has 1 rings (SSSR count). The highest BCUT2D eigenvalue weighted by Gasteiger charge is 2.04. The predicted octanol–water partition coefficient (Wildman–Crippen LogP) is 2.39. The van der Waals surface area contributed by atoms with Gasteiger partial charge < -0.3 is 10.2 Å². The molecule has 1 aromatic rings. The van der Waals surface area contributed by atoms with Gasteiger partial charge in [0.15, 0.2) is 0 Å². The summed E-state index contributed by atoms with van der Waals surface area (Å²) >= 11 is 0. The molecule has 1 aromatic heterocycles. The average Bonchev–Trinajstić information content (AvgIpc) is 2.26. The van der Waals surface area contributed by atoms with Crippen LogP contribution in [0.1, 0.15) is 27.2 Å². The Morgan fingerprint density at radius 1 is 1.38 bits per heavy atom. The first-order valence-corrected chi connectivity index (χ1v) is 5.90. The van der Waals surface area contributed by atoms with E-state index < -0.39 is 0 Å². The fourth-order valence-corrected chi connectivity index (χ4v) is 1.40. The first-order chi connectivity index (χ1) is 7.63. The van der Waals surface area contributed by atoms with E-state index in [0.717, 1.165) is 30.6 Å². The highest BCUT2D eigenvalue weighted by molar-refractivity contribution is 5.47. The van der Waals surface area contributed by atoms with E-state index in [4.69, 9.17) is 0 Å². The van der Waals surface area contributed by atoms with E-state index in [2.05, 4.69) is 48.0 Å². The van der Waals surface area contributed by atoms with Crippen molar-refractivity contribution in [3.8, 4) is 0 Å². The maximum Gasteiger partial charge on any atom is 0.133 e. The third-order valence-electron chi connectivity index (χ3n) is 2.44. The summed E-state index contributed by atoms with van der Waals surface area (Å²) in [6.07, 6.45) is 2.79. The largest absolute Gasteiger partial charge is 0.370 e. The van der Waals surface area contributed by atoms with Crippen LogP contribution in [0.4, 0.5) is 11.6 Å². The molecule has 16 heavy (non-hydrogen) atoms. The zero-order valence-electron chi connectivity index (χ0n) is 10.7. The molecule has 0 unspecified atom stereocenters. The summed E-state index contributed by atoms with van der Waals surface area (Å²) in [5.41, 5.74) is 0. The number of nitrogens with zero attached hydrogens (tertiary/aromatic N) is 3. The van der Waals surface area contributed by atoms with Gasteiger partial charge in [0.25, 0.3) is 0 Å². The predicted molar refractivity (Wildman–Crippen MR) is 68.9 cm³/mol. The van der Waals surface area contributed by atoms with Crippen molar-refractivity contribution in [3.05, 3.63) is 12.4 Å².